The molecule has 1 heterocycles. The Morgan fingerprint density at radius 2 is 1.61 bits per heavy atom. The van der Waals surface area contributed by atoms with E-state index in [0.29, 0.717) is 23.7 Å². The Labute approximate surface area is 263 Å². The number of aliphatic carboxylic acids is 1. The van der Waals surface area contributed by atoms with Crippen molar-refractivity contribution in [2.75, 3.05) is 6.61 Å². The summed E-state index contributed by atoms with van der Waals surface area (Å²) >= 11 is 0. The van der Waals surface area contributed by atoms with Crippen molar-refractivity contribution in [3.05, 3.63) is 11.6 Å². The fourth-order valence-electron chi connectivity index (χ4n) is 12.4. The molecule has 250 valence electrons. The second kappa shape index (κ2) is 10.7. The van der Waals surface area contributed by atoms with E-state index in [0.717, 1.165) is 57.8 Å². The highest BCUT2D eigenvalue weighted by Crippen LogP contribution is 2.76. The van der Waals surface area contributed by atoms with Crippen LogP contribution in [-0.2, 0) is 14.3 Å². The predicted octanol–water partition coefficient (Wildman–Crippen LogP) is 4.91. The maximum atomic E-state index is 13.0. The lowest BCUT2D eigenvalue weighted by molar-refractivity contribution is -0.330. The normalized spacial score (nSPS) is 55.1. The molecule has 6 rings (SSSR count). The van der Waals surface area contributed by atoms with Crippen LogP contribution in [0, 0.1) is 56.7 Å². The summed E-state index contributed by atoms with van der Waals surface area (Å²) in [6, 6.07) is 0. The fraction of sp³-hybridized carbons (Fsp3) is 0.917. The van der Waals surface area contributed by atoms with Crippen LogP contribution in [0.3, 0.4) is 0 Å². The van der Waals surface area contributed by atoms with Gasteiger partial charge in [0.2, 0.25) is 0 Å². The van der Waals surface area contributed by atoms with Crippen molar-refractivity contribution < 1.29 is 39.8 Å². The van der Waals surface area contributed by atoms with Gasteiger partial charge in [-0.2, -0.15) is 0 Å². The van der Waals surface area contributed by atoms with E-state index in [1.165, 1.54) is 5.57 Å². The van der Waals surface area contributed by atoms with Crippen molar-refractivity contribution in [2.45, 2.75) is 143 Å². The summed E-state index contributed by atoms with van der Waals surface area (Å²) in [7, 11) is 0. The zero-order valence-corrected chi connectivity index (χ0v) is 28.0. The number of rotatable bonds is 4. The Balaban J connectivity index is 1.30. The zero-order chi connectivity index (χ0) is 32.2. The average Bonchev–Trinajstić information content (AvgIpc) is 2.96. The molecular formula is C36H58O8. The largest absolute Gasteiger partial charge is 0.481 e. The average molecular weight is 619 g/mol. The van der Waals surface area contributed by atoms with Crippen LogP contribution in [0.5, 0.6) is 0 Å². The highest BCUT2D eigenvalue weighted by molar-refractivity contribution is 5.76. The minimum absolute atomic E-state index is 0.0351. The third-order valence-electron chi connectivity index (χ3n) is 15.5. The molecule has 0 aromatic rings. The highest BCUT2D eigenvalue weighted by atomic mass is 16.7. The highest BCUT2D eigenvalue weighted by Gasteiger charge is 2.69. The first-order valence-electron chi connectivity index (χ1n) is 17.4. The number of aliphatic hydroxyl groups excluding tert-OH is 4. The molecule has 0 aromatic heterocycles. The summed E-state index contributed by atoms with van der Waals surface area (Å²) in [4.78, 5) is 13.0. The number of carbonyl (C=O) groups is 1. The van der Waals surface area contributed by atoms with E-state index in [1.54, 1.807) is 0 Å². The lowest BCUT2D eigenvalue weighted by Crippen LogP contribution is -2.66. The van der Waals surface area contributed by atoms with Gasteiger partial charge in [0.15, 0.2) is 6.29 Å². The van der Waals surface area contributed by atoms with E-state index in [1.807, 2.05) is 0 Å². The Morgan fingerprint density at radius 1 is 0.909 bits per heavy atom. The van der Waals surface area contributed by atoms with Crippen LogP contribution < -0.4 is 0 Å². The van der Waals surface area contributed by atoms with Gasteiger partial charge in [0.05, 0.1) is 18.1 Å². The third kappa shape index (κ3) is 4.26. The molecule has 0 aromatic carbocycles. The van der Waals surface area contributed by atoms with Crippen LogP contribution in [0.15, 0.2) is 11.6 Å². The standard InChI is InChI=1S/C36H58O8/c1-19-10-15-36(31(41)42)17-16-34(6)21(26(36)20(19)2)8-9-24-33(5)13-12-25(32(3,4)23(33)11-14-35(24,34)7)44-30-29(40)28(39)27(38)22(18-37)43-30/h8,19-20,22-30,37-40H,9-18H2,1-7H3,(H,41,42)/t19-,20+,22-,23?,24-,25+,26+,27-,28+,29-,30?,33+,34-,35-,36+/m1/s1. The molecule has 0 amide bonds. The number of hydrogen-bond acceptors (Lipinski definition) is 7. The molecular weight excluding hydrogens is 560 g/mol. The lowest BCUT2D eigenvalue weighted by atomic mass is 9.33. The van der Waals surface area contributed by atoms with Crippen molar-refractivity contribution >= 4 is 5.97 Å². The van der Waals surface area contributed by atoms with Gasteiger partial charge >= 0.3 is 5.97 Å². The summed E-state index contributed by atoms with van der Waals surface area (Å²) in [5.74, 6) is 1.21. The summed E-state index contributed by atoms with van der Waals surface area (Å²) in [5.41, 5.74) is 0.662. The van der Waals surface area contributed by atoms with E-state index < -0.39 is 48.7 Å². The number of allylic oxidation sites excluding steroid dienone is 2. The molecule has 15 atom stereocenters. The van der Waals surface area contributed by atoms with Crippen molar-refractivity contribution in [1.82, 2.24) is 0 Å². The molecule has 8 nitrogen and oxygen atoms in total. The first-order valence-corrected chi connectivity index (χ1v) is 17.4. The van der Waals surface area contributed by atoms with E-state index >= 15 is 0 Å². The van der Waals surface area contributed by atoms with Gasteiger partial charge in [-0.15, -0.1) is 0 Å². The molecule has 1 saturated heterocycles. The van der Waals surface area contributed by atoms with E-state index in [9.17, 15) is 30.3 Å². The summed E-state index contributed by atoms with van der Waals surface area (Å²) in [6.45, 7) is 16.2. The summed E-state index contributed by atoms with van der Waals surface area (Å²) < 4.78 is 12.2. The van der Waals surface area contributed by atoms with Gasteiger partial charge in [-0.05, 0) is 109 Å². The summed E-state index contributed by atoms with van der Waals surface area (Å²) in [5, 5.41) is 51.7. The summed E-state index contributed by atoms with van der Waals surface area (Å²) in [6.07, 6.45) is 4.29. The number of hydrogen-bond donors (Lipinski definition) is 5. The van der Waals surface area contributed by atoms with Crippen molar-refractivity contribution in [2.24, 2.45) is 56.7 Å². The Morgan fingerprint density at radius 3 is 2.27 bits per heavy atom. The van der Waals surface area contributed by atoms with Gasteiger partial charge in [-0.3, -0.25) is 4.79 Å². The van der Waals surface area contributed by atoms with E-state index in [4.69, 9.17) is 9.47 Å². The molecule has 8 heteroatoms. The quantitative estimate of drug-likeness (QED) is 0.221. The van der Waals surface area contributed by atoms with Gasteiger partial charge in [-0.25, -0.2) is 0 Å². The molecule has 0 bridgehead atoms. The van der Waals surface area contributed by atoms with Gasteiger partial charge in [0, 0.05) is 0 Å². The van der Waals surface area contributed by atoms with Crippen LogP contribution >= 0.6 is 0 Å². The SMILES string of the molecule is C[C@H]1[C@H](C)CC[C@]2(C(=O)O)CC[C@]3(C)C(=CC[C@@H]4[C@@]5(C)CC[C@H](OC6O[C@H](CO)[C@@H](O)[C@H](O)[C@H]6O)C(C)(C)C5CC[C@]43C)[C@H]12. The molecule has 0 spiro atoms. The number of carboxylic acids is 1. The van der Waals surface area contributed by atoms with Gasteiger partial charge in [0.25, 0.3) is 0 Å². The molecule has 6 aliphatic rings. The molecule has 5 aliphatic carbocycles. The van der Waals surface area contributed by atoms with E-state index in [-0.39, 0.29) is 33.7 Å². The number of carboxylic acid groups (broad SMARTS) is 1. The maximum absolute atomic E-state index is 13.0. The lowest BCUT2D eigenvalue weighted by Gasteiger charge is -2.71. The zero-order valence-electron chi connectivity index (χ0n) is 28.0. The van der Waals surface area contributed by atoms with Crippen LogP contribution in [-0.4, -0.2) is 74.9 Å². The van der Waals surface area contributed by atoms with E-state index in [2.05, 4.69) is 54.5 Å². The second-order valence-electron chi connectivity index (χ2n) is 17.3. The van der Waals surface area contributed by atoms with Gasteiger partial charge in [-0.1, -0.05) is 60.1 Å². The molecule has 4 saturated carbocycles. The molecule has 0 radical (unpaired) electrons. The number of fused-ring (bicyclic) bond motifs is 7. The number of ether oxygens (including phenoxy) is 2. The van der Waals surface area contributed by atoms with Gasteiger partial charge < -0.3 is 35.0 Å². The van der Waals surface area contributed by atoms with Gasteiger partial charge in [0.1, 0.15) is 24.4 Å². The second-order valence-corrected chi connectivity index (χ2v) is 17.3. The topological polar surface area (TPSA) is 137 Å². The molecule has 2 unspecified atom stereocenters. The Bertz CT molecular complexity index is 1170. The molecule has 44 heavy (non-hydrogen) atoms. The predicted molar refractivity (Wildman–Crippen MR) is 165 cm³/mol. The minimum atomic E-state index is -1.45. The Kier molecular flexibility index (Phi) is 8.03. The molecule has 1 aliphatic heterocycles. The minimum Gasteiger partial charge on any atom is -0.481 e. The first-order chi connectivity index (χ1) is 20.5. The maximum Gasteiger partial charge on any atom is 0.310 e. The monoisotopic (exact) mass is 618 g/mol. The third-order valence-corrected chi connectivity index (χ3v) is 15.5. The first kappa shape index (κ1) is 32.9. The number of aliphatic hydroxyl groups is 4. The van der Waals surface area contributed by atoms with Crippen LogP contribution in [0.4, 0.5) is 0 Å². The van der Waals surface area contributed by atoms with Crippen molar-refractivity contribution in [3.63, 3.8) is 0 Å². The smallest absolute Gasteiger partial charge is 0.310 e. The van der Waals surface area contributed by atoms with Crippen molar-refractivity contribution in [1.29, 1.82) is 0 Å². The Hall–Kier alpha value is -1.03. The van der Waals surface area contributed by atoms with Crippen molar-refractivity contribution in [3.8, 4) is 0 Å². The molecule has 5 fully saturated rings. The molecule has 5 N–H and O–H groups in total. The van der Waals surface area contributed by atoms with Crippen LogP contribution in [0.25, 0.3) is 0 Å². The fourth-order valence-corrected chi connectivity index (χ4v) is 12.4. The van der Waals surface area contributed by atoms with Crippen LogP contribution in [0.2, 0.25) is 0 Å². The van der Waals surface area contributed by atoms with Crippen LogP contribution in [0.1, 0.15) is 106 Å².